The largest absolute Gasteiger partial charge is 0.497 e. The molecule has 1 saturated heterocycles. The molecule has 2 aromatic rings. The number of methoxy groups -OCH3 is 1. The number of benzene rings is 2. The normalized spacial score (nSPS) is 15.0. The van der Waals surface area contributed by atoms with Gasteiger partial charge in [-0.25, -0.2) is 4.39 Å². The molecule has 0 spiro atoms. The van der Waals surface area contributed by atoms with Crippen molar-refractivity contribution in [3.05, 3.63) is 59.9 Å². The fraction of sp³-hybridized carbons (Fsp3) is 0.350. The van der Waals surface area contributed by atoms with Crippen molar-refractivity contribution >= 4 is 5.91 Å². The van der Waals surface area contributed by atoms with Crippen LogP contribution in [0.3, 0.4) is 0 Å². The van der Waals surface area contributed by atoms with E-state index in [1.807, 2.05) is 4.90 Å². The number of piperidine rings is 1. The molecule has 4 nitrogen and oxygen atoms in total. The Morgan fingerprint density at radius 2 is 1.64 bits per heavy atom. The Morgan fingerprint density at radius 3 is 2.24 bits per heavy atom. The van der Waals surface area contributed by atoms with Gasteiger partial charge in [-0.1, -0.05) is 0 Å². The van der Waals surface area contributed by atoms with Crippen LogP contribution in [-0.4, -0.2) is 37.6 Å². The lowest BCUT2D eigenvalue weighted by molar-refractivity contribution is 0.0661. The number of hydrogen-bond acceptors (Lipinski definition) is 3. The first kappa shape index (κ1) is 17.3. The Hall–Kier alpha value is -2.56. The first-order valence-corrected chi connectivity index (χ1v) is 8.47. The Labute approximate surface area is 147 Å². The molecular formula is C20H22FNO3. The van der Waals surface area contributed by atoms with E-state index in [4.69, 9.17) is 9.47 Å². The molecule has 1 aliphatic heterocycles. The molecule has 0 atom stereocenters. The number of carbonyl (C=O) groups excluding carboxylic acids is 1. The summed E-state index contributed by atoms with van der Waals surface area (Å²) in [5, 5.41) is 0. The van der Waals surface area contributed by atoms with E-state index in [1.54, 1.807) is 43.5 Å². The van der Waals surface area contributed by atoms with Crippen molar-refractivity contribution in [2.45, 2.75) is 12.8 Å². The minimum absolute atomic E-state index is 0.0561. The van der Waals surface area contributed by atoms with Gasteiger partial charge in [0.2, 0.25) is 0 Å². The molecule has 2 aromatic carbocycles. The van der Waals surface area contributed by atoms with Crippen LogP contribution in [0.2, 0.25) is 0 Å². The lowest BCUT2D eigenvalue weighted by Crippen LogP contribution is -2.39. The molecule has 0 aromatic heterocycles. The minimum atomic E-state index is -0.266. The van der Waals surface area contributed by atoms with Gasteiger partial charge in [-0.2, -0.15) is 0 Å². The van der Waals surface area contributed by atoms with Gasteiger partial charge in [0.15, 0.2) is 0 Å². The average molecular weight is 343 g/mol. The molecule has 0 N–H and O–H groups in total. The van der Waals surface area contributed by atoms with Crippen LogP contribution < -0.4 is 9.47 Å². The smallest absolute Gasteiger partial charge is 0.253 e. The predicted molar refractivity (Wildman–Crippen MR) is 93.5 cm³/mol. The first-order valence-electron chi connectivity index (χ1n) is 8.47. The van der Waals surface area contributed by atoms with Gasteiger partial charge >= 0.3 is 0 Å². The fourth-order valence-corrected chi connectivity index (χ4v) is 2.96. The third kappa shape index (κ3) is 4.50. The molecular weight excluding hydrogens is 321 g/mol. The average Bonchev–Trinajstić information content (AvgIpc) is 2.67. The van der Waals surface area contributed by atoms with Gasteiger partial charge in [0, 0.05) is 18.7 Å². The van der Waals surface area contributed by atoms with Gasteiger partial charge in [-0.15, -0.1) is 0 Å². The number of halogens is 1. The highest BCUT2D eigenvalue weighted by Crippen LogP contribution is 2.22. The van der Waals surface area contributed by atoms with E-state index in [0.717, 1.165) is 31.7 Å². The predicted octanol–water partition coefficient (Wildman–Crippen LogP) is 3.77. The van der Waals surface area contributed by atoms with E-state index in [0.29, 0.717) is 23.8 Å². The Kier molecular flexibility index (Phi) is 5.53. The van der Waals surface area contributed by atoms with Crippen molar-refractivity contribution in [2.75, 3.05) is 26.8 Å². The highest BCUT2D eigenvalue weighted by atomic mass is 19.1. The molecule has 0 bridgehead atoms. The summed E-state index contributed by atoms with van der Waals surface area (Å²) in [5.41, 5.74) is 0.682. The third-order valence-corrected chi connectivity index (χ3v) is 4.54. The maximum Gasteiger partial charge on any atom is 0.253 e. The molecule has 25 heavy (non-hydrogen) atoms. The van der Waals surface area contributed by atoms with Gasteiger partial charge in [-0.05, 0) is 67.3 Å². The second-order valence-corrected chi connectivity index (χ2v) is 6.23. The SMILES string of the molecule is COc1ccc(C(=O)N2CCC(COc3ccc(F)cc3)CC2)cc1. The molecule has 3 rings (SSSR count). The lowest BCUT2D eigenvalue weighted by Gasteiger charge is -2.32. The maximum absolute atomic E-state index is 12.9. The first-order chi connectivity index (χ1) is 12.2. The number of nitrogens with zero attached hydrogens (tertiary/aromatic N) is 1. The maximum atomic E-state index is 12.9. The van der Waals surface area contributed by atoms with E-state index in [9.17, 15) is 9.18 Å². The molecule has 5 heteroatoms. The van der Waals surface area contributed by atoms with Crippen LogP contribution in [-0.2, 0) is 0 Å². The quantitative estimate of drug-likeness (QED) is 0.830. The summed E-state index contributed by atoms with van der Waals surface area (Å²) in [5.74, 6) is 1.62. The standard InChI is InChI=1S/C20H22FNO3/c1-24-18-6-2-16(3-7-18)20(23)22-12-10-15(11-13-22)14-25-19-8-4-17(21)5-9-19/h2-9,15H,10-14H2,1H3. The second kappa shape index (κ2) is 8.01. The van der Waals surface area contributed by atoms with Crippen LogP contribution in [0.25, 0.3) is 0 Å². The van der Waals surface area contributed by atoms with Crippen molar-refractivity contribution in [2.24, 2.45) is 5.92 Å². The topological polar surface area (TPSA) is 38.8 Å². The second-order valence-electron chi connectivity index (χ2n) is 6.23. The van der Waals surface area contributed by atoms with Crippen LogP contribution in [0.15, 0.2) is 48.5 Å². The van der Waals surface area contributed by atoms with Gasteiger partial charge in [0.05, 0.1) is 13.7 Å². The summed E-state index contributed by atoms with van der Waals surface area (Å²) < 4.78 is 23.7. The summed E-state index contributed by atoms with van der Waals surface area (Å²) >= 11 is 0. The van der Waals surface area contributed by atoms with E-state index in [-0.39, 0.29) is 11.7 Å². The summed E-state index contributed by atoms with van der Waals surface area (Å²) in [6.07, 6.45) is 1.81. The number of carbonyl (C=O) groups is 1. The van der Waals surface area contributed by atoms with E-state index >= 15 is 0 Å². The number of hydrogen-bond donors (Lipinski definition) is 0. The Morgan fingerprint density at radius 1 is 1.04 bits per heavy atom. The molecule has 1 fully saturated rings. The van der Waals surface area contributed by atoms with Crippen LogP contribution in [0.4, 0.5) is 4.39 Å². The number of ether oxygens (including phenoxy) is 2. The molecule has 0 radical (unpaired) electrons. The zero-order valence-electron chi connectivity index (χ0n) is 14.3. The summed E-state index contributed by atoms with van der Waals surface area (Å²) in [7, 11) is 1.61. The summed E-state index contributed by atoms with van der Waals surface area (Å²) in [6, 6.07) is 13.3. The molecule has 1 amide bonds. The van der Waals surface area contributed by atoms with Crippen molar-refractivity contribution in [3.63, 3.8) is 0 Å². The molecule has 1 aliphatic rings. The molecule has 132 valence electrons. The summed E-state index contributed by atoms with van der Waals surface area (Å²) in [6.45, 7) is 2.04. The van der Waals surface area contributed by atoms with Crippen molar-refractivity contribution in [1.82, 2.24) is 4.90 Å². The highest BCUT2D eigenvalue weighted by molar-refractivity contribution is 5.94. The van der Waals surface area contributed by atoms with Crippen LogP contribution >= 0.6 is 0 Å². The Bertz CT molecular complexity index is 692. The lowest BCUT2D eigenvalue weighted by atomic mass is 9.97. The molecule has 0 unspecified atom stereocenters. The van der Waals surface area contributed by atoms with Crippen LogP contribution in [0, 0.1) is 11.7 Å². The number of amides is 1. The van der Waals surface area contributed by atoms with E-state index in [1.165, 1.54) is 12.1 Å². The third-order valence-electron chi connectivity index (χ3n) is 4.54. The highest BCUT2D eigenvalue weighted by Gasteiger charge is 2.24. The zero-order chi connectivity index (χ0) is 17.6. The van der Waals surface area contributed by atoms with Crippen LogP contribution in [0.5, 0.6) is 11.5 Å². The zero-order valence-corrected chi connectivity index (χ0v) is 14.3. The van der Waals surface area contributed by atoms with Crippen molar-refractivity contribution < 1.29 is 18.7 Å². The van der Waals surface area contributed by atoms with Crippen molar-refractivity contribution in [1.29, 1.82) is 0 Å². The van der Waals surface area contributed by atoms with Gasteiger partial charge in [0.1, 0.15) is 17.3 Å². The molecule has 0 saturated carbocycles. The minimum Gasteiger partial charge on any atom is -0.497 e. The van der Waals surface area contributed by atoms with E-state index in [2.05, 4.69) is 0 Å². The van der Waals surface area contributed by atoms with Gasteiger partial charge in [-0.3, -0.25) is 4.79 Å². The van der Waals surface area contributed by atoms with Gasteiger partial charge < -0.3 is 14.4 Å². The summed E-state index contributed by atoms with van der Waals surface area (Å²) in [4.78, 5) is 14.4. The van der Waals surface area contributed by atoms with Crippen molar-refractivity contribution in [3.8, 4) is 11.5 Å². The monoisotopic (exact) mass is 343 g/mol. The Balaban J connectivity index is 1.47. The van der Waals surface area contributed by atoms with Crippen LogP contribution in [0.1, 0.15) is 23.2 Å². The fourth-order valence-electron chi connectivity index (χ4n) is 2.96. The number of rotatable bonds is 5. The van der Waals surface area contributed by atoms with Gasteiger partial charge in [0.25, 0.3) is 5.91 Å². The molecule has 1 heterocycles. The number of likely N-dealkylation sites (tertiary alicyclic amines) is 1. The molecule has 0 aliphatic carbocycles. The van der Waals surface area contributed by atoms with E-state index < -0.39 is 0 Å².